The fourth-order valence-corrected chi connectivity index (χ4v) is 3.55. The van der Waals surface area contributed by atoms with Crippen LogP contribution in [0.5, 0.6) is 0 Å². The molecule has 25 heavy (non-hydrogen) atoms. The summed E-state index contributed by atoms with van der Waals surface area (Å²) in [6, 6.07) is 5.52. The number of pyridine rings is 1. The lowest BCUT2D eigenvalue weighted by Crippen LogP contribution is -2.09. The minimum atomic E-state index is -0.425. The van der Waals surface area contributed by atoms with E-state index in [-0.39, 0.29) is 23.7 Å². The number of carbonyl (C=O) groups excluding carboxylic acids is 3. The lowest BCUT2D eigenvalue weighted by atomic mass is 10.1. The van der Waals surface area contributed by atoms with E-state index in [1.807, 2.05) is 25.1 Å². The van der Waals surface area contributed by atoms with E-state index in [4.69, 9.17) is 4.74 Å². The van der Waals surface area contributed by atoms with E-state index >= 15 is 0 Å². The number of carbonyl (C=O) groups is 3. The number of allylic oxidation sites excluding steroid dienone is 1. The number of ketones is 2. The van der Waals surface area contributed by atoms with E-state index in [0.717, 1.165) is 11.3 Å². The molecule has 0 amide bonds. The number of thioether (sulfide) groups is 1. The molecule has 0 saturated heterocycles. The monoisotopic (exact) mass is 359 g/mol. The third-order valence-electron chi connectivity index (χ3n) is 3.64. The molecule has 0 N–H and O–H groups in total. The maximum Gasteiger partial charge on any atom is 0.356 e. The molecule has 0 bridgehead atoms. The lowest BCUT2D eigenvalue weighted by Gasteiger charge is -2.05. The first kappa shape index (κ1) is 19.0. The van der Waals surface area contributed by atoms with Gasteiger partial charge in [-0.05, 0) is 44.7 Å². The van der Waals surface area contributed by atoms with Crippen LogP contribution in [0.4, 0.5) is 0 Å². The summed E-state index contributed by atoms with van der Waals surface area (Å²) in [6.07, 6.45) is 3.36. The second kappa shape index (κ2) is 8.16. The van der Waals surface area contributed by atoms with Crippen LogP contribution in [0.25, 0.3) is 11.6 Å². The first-order valence-electron chi connectivity index (χ1n) is 8.08. The van der Waals surface area contributed by atoms with Crippen molar-refractivity contribution in [3.63, 3.8) is 0 Å². The molecule has 0 fully saturated rings. The summed E-state index contributed by atoms with van der Waals surface area (Å²) in [6.45, 7) is 6.73. The van der Waals surface area contributed by atoms with Crippen LogP contribution >= 0.6 is 11.8 Å². The number of esters is 1. The zero-order chi connectivity index (χ0) is 18.6. The van der Waals surface area contributed by atoms with Crippen LogP contribution in [-0.4, -0.2) is 34.3 Å². The number of hydrogen-bond acceptors (Lipinski definition) is 5. The van der Waals surface area contributed by atoms with E-state index in [2.05, 4.69) is 0 Å². The van der Waals surface area contributed by atoms with E-state index in [0.29, 0.717) is 16.2 Å². The van der Waals surface area contributed by atoms with Gasteiger partial charge in [0, 0.05) is 16.7 Å². The third kappa shape index (κ3) is 3.85. The Balaban J connectivity index is 2.85. The van der Waals surface area contributed by atoms with Crippen molar-refractivity contribution in [2.45, 2.75) is 32.6 Å². The van der Waals surface area contributed by atoms with Gasteiger partial charge in [0.1, 0.15) is 5.69 Å². The van der Waals surface area contributed by atoms with Gasteiger partial charge < -0.3 is 9.14 Å². The summed E-state index contributed by atoms with van der Waals surface area (Å²) < 4.78 is 6.96. The topological polar surface area (TPSA) is 64.9 Å². The number of Topliss-reactive ketones (excluding diaryl/α,β-unsaturated/α-hetero) is 2. The Kier molecular flexibility index (Phi) is 6.20. The van der Waals surface area contributed by atoms with E-state index in [1.54, 1.807) is 23.6 Å². The van der Waals surface area contributed by atoms with Crippen molar-refractivity contribution in [1.29, 1.82) is 0 Å². The molecule has 0 aliphatic heterocycles. The molecule has 0 spiro atoms. The fraction of sp³-hybridized carbons (Fsp3) is 0.316. The maximum atomic E-state index is 12.5. The summed E-state index contributed by atoms with van der Waals surface area (Å²) >= 11 is 1.49. The molecule has 2 heterocycles. The van der Waals surface area contributed by atoms with Crippen LogP contribution in [0, 0.1) is 0 Å². The average Bonchev–Trinajstić information content (AvgIpc) is 2.86. The van der Waals surface area contributed by atoms with Gasteiger partial charge in [0.15, 0.2) is 11.6 Å². The number of ether oxygens (including phenoxy) is 1. The molecule has 0 atom stereocenters. The minimum absolute atomic E-state index is 0.115. The number of aromatic nitrogens is 1. The molecule has 2 rings (SSSR count). The fourth-order valence-electron chi connectivity index (χ4n) is 2.63. The summed E-state index contributed by atoms with van der Waals surface area (Å²) in [5.41, 5.74) is 1.98. The zero-order valence-electron chi connectivity index (χ0n) is 14.8. The molecule has 0 unspecified atom stereocenters. The second-order valence-electron chi connectivity index (χ2n) is 5.37. The predicted octanol–water partition coefficient (Wildman–Crippen LogP) is 3.79. The Labute approximate surface area is 151 Å². The van der Waals surface area contributed by atoms with Gasteiger partial charge in [-0.1, -0.05) is 13.0 Å². The quantitative estimate of drug-likeness (QED) is 0.247. The smallest absolute Gasteiger partial charge is 0.356 e. The SMILES string of the molecule is CCOC(=O)c1c(SCC)c(C=C(C(C)=O)C(C)=O)c2ccccn12. The maximum absolute atomic E-state index is 12.5. The highest BCUT2D eigenvalue weighted by Gasteiger charge is 2.24. The number of hydrogen-bond donors (Lipinski definition) is 0. The molecule has 2 aromatic heterocycles. The molecule has 132 valence electrons. The van der Waals surface area contributed by atoms with Gasteiger partial charge in [0.25, 0.3) is 0 Å². The van der Waals surface area contributed by atoms with E-state index in [9.17, 15) is 14.4 Å². The highest BCUT2D eigenvalue weighted by Crippen LogP contribution is 2.35. The molecule has 0 aliphatic carbocycles. The Morgan fingerprint density at radius 1 is 1.16 bits per heavy atom. The predicted molar refractivity (Wildman–Crippen MR) is 99.1 cm³/mol. The first-order chi connectivity index (χ1) is 11.9. The Morgan fingerprint density at radius 3 is 2.40 bits per heavy atom. The molecule has 0 aliphatic rings. The molecule has 2 aromatic rings. The van der Waals surface area contributed by atoms with Crippen molar-refractivity contribution < 1.29 is 19.1 Å². The average molecular weight is 359 g/mol. The third-order valence-corrected chi connectivity index (χ3v) is 4.63. The number of rotatable bonds is 7. The molecule has 0 saturated carbocycles. The number of nitrogens with zero attached hydrogens (tertiary/aromatic N) is 1. The normalized spacial score (nSPS) is 10.6. The Morgan fingerprint density at radius 2 is 1.84 bits per heavy atom. The van der Waals surface area contributed by atoms with Crippen molar-refractivity contribution in [3.8, 4) is 0 Å². The summed E-state index contributed by atoms with van der Waals surface area (Å²) in [7, 11) is 0. The van der Waals surface area contributed by atoms with Crippen LogP contribution in [0.15, 0.2) is 34.9 Å². The van der Waals surface area contributed by atoms with E-state index < -0.39 is 5.97 Å². The Bertz CT molecular complexity index is 848. The van der Waals surface area contributed by atoms with Gasteiger partial charge in [-0.25, -0.2) is 4.79 Å². The van der Waals surface area contributed by atoms with Crippen LogP contribution in [-0.2, 0) is 14.3 Å². The van der Waals surface area contributed by atoms with Gasteiger partial charge in [-0.2, -0.15) is 0 Å². The van der Waals surface area contributed by atoms with Crippen molar-refractivity contribution in [2.24, 2.45) is 0 Å². The van der Waals surface area contributed by atoms with Gasteiger partial charge >= 0.3 is 5.97 Å². The highest BCUT2D eigenvalue weighted by atomic mass is 32.2. The minimum Gasteiger partial charge on any atom is -0.461 e. The van der Waals surface area contributed by atoms with Gasteiger partial charge in [-0.3, -0.25) is 9.59 Å². The second-order valence-corrected chi connectivity index (χ2v) is 6.65. The molecule has 6 heteroatoms. The Hall–Kier alpha value is -2.34. The van der Waals surface area contributed by atoms with Gasteiger partial charge in [-0.15, -0.1) is 11.8 Å². The standard InChI is InChI=1S/C19H21NO4S/c1-5-24-19(23)17-18(25-6-2)15(11-14(12(3)21)13(4)22)16-9-7-8-10-20(16)17/h7-11H,5-6H2,1-4H3. The largest absolute Gasteiger partial charge is 0.461 e. The van der Waals surface area contributed by atoms with E-state index in [1.165, 1.54) is 25.6 Å². The summed E-state index contributed by atoms with van der Waals surface area (Å²) in [5, 5.41) is 0. The van der Waals surface area contributed by atoms with Crippen LogP contribution in [0.2, 0.25) is 0 Å². The molecule has 0 aromatic carbocycles. The zero-order valence-corrected chi connectivity index (χ0v) is 15.6. The molecular formula is C19H21NO4S. The first-order valence-corrected chi connectivity index (χ1v) is 9.07. The van der Waals surface area contributed by atoms with Crippen molar-refractivity contribution in [3.05, 3.63) is 41.2 Å². The summed E-state index contributed by atoms with van der Waals surface area (Å²) in [4.78, 5) is 36.9. The molecule has 5 nitrogen and oxygen atoms in total. The van der Waals surface area contributed by atoms with Crippen LogP contribution in [0.3, 0.4) is 0 Å². The summed E-state index contributed by atoms with van der Waals surface area (Å²) in [5.74, 6) is -0.285. The van der Waals surface area contributed by atoms with Crippen molar-refractivity contribution in [2.75, 3.05) is 12.4 Å². The van der Waals surface area contributed by atoms with Crippen molar-refractivity contribution in [1.82, 2.24) is 4.40 Å². The van der Waals surface area contributed by atoms with Gasteiger partial charge in [0.2, 0.25) is 0 Å². The highest BCUT2D eigenvalue weighted by molar-refractivity contribution is 7.99. The molecular weight excluding hydrogens is 338 g/mol. The van der Waals surface area contributed by atoms with Crippen LogP contribution in [0.1, 0.15) is 43.7 Å². The lowest BCUT2D eigenvalue weighted by molar-refractivity contribution is -0.119. The molecule has 0 radical (unpaired) electrons. The van der Waals surface area contributed by atoms with Gasteiger partial charge in [0.05, 0.1) is 17.7 Å². The number of fused-ring (bicyclic) bond motifs is 1. The van der Waals surface area contributed by atoms with Crippen LogP contribution < -0.4 is 0 Å². The van der Waals surface area contributed by atoms with Crippen molar-refractivity contribution >= 4 is 40.9 Å².